The molecule has 0 aliphatic heterocycles. The first-order chi connectivity index (χ1) is 10.9. The lowest BCUT2D eigenvalue weighted by atomic mass is 9.87. The number of hydrogen-bond donors (Lipinski definition) is 0. The zero-order chi connectivity index (χ0) is 16.2. The highest BCUT2D eigenvalue weighted by Crippen LogP contribution is 2.53. The maximum atomic E-state index is 6.06. The average molecular weight is 325 g/mol. The molecule has 118 valence electrons. The van der Waals surface area contributed by atoms with E-state index in [1.165, 1.54) is 29.7 Å². The van der Waals surface area contributed by atoms with Crippen LogP contribution in [0.5, 0.6) is 0 Å². The van der Waals surface area contributed by atoms with Crippen molar-refractivity contribution in [3.8, 4) is 0 Å². The van der Waals surface area contributed by atoms with E-state index in [-0.39, 0.29) is 10.8 Å². The van der Waals surface area contributed by atoms with Gasteiger partial charge in [0.2, 0.25) is 0 Å². The minimum atomic E-state index is 0.0854. The quantitative estimate of drug-likeness (QED) is 0.620. The fourth-order valence-electron chi connectivity index (χ4n) is 3.54. The van der Waals surface area contributed by atoms with Gasteiger partial charge in [0.25, 0.3) is 0 Å². The van der Waals surface area contributed by atoms with Gasteiger partial charge in [0.05, 0.1) is 11.9 Å². The van der Waals surface area contributed by atoms with Crippen molar-refractivity contribution < 1.29 is 0 Å². The summed E-state index contributed by atoms with van der Waals surface area (Å²) in [5.74, 6) is 0. The summed E-state index contributed by atoms with van der Waals surface area (Å²) >= 11 is 6.06. The molecule has 0 spiro atoms. The van der Waals surface area contributed by atoms with E-state index >= 15 is 0 Å². The summed E-state index contributed by atoms with van der Waals surface area (Å²) in [6.45, 7) is 6.72. The Labute approximate surface area is 142 Å². The molecule has 2 aromatic heterocycles. The maximum absolute atomic E-state index is 6.06. The van der Waals surface area contributed by atoms with Gasteiger partial charge in [-0.25, -0.2) is 4.98 Å². The summed E-state index contributed by atoms with van der Waals surface area (Å²) in [5, 5.41) is 0.790. The van der Waals surface area contributed by atoms with E-state index in [1.54, 1.807) is 0 Å². The highest BCUT2D eigenvalue weighted by molar-refractivity contribution is 6.30. The summed E-state index contributed by atoms with van der Waals surface area (Å²) in [6.07, 6.45) is 6.54. The molecule has 0 atom stereocenters. The van der Waals surface area contributed by atoms with Crippen LogP contribution in [0.3, 0.4) is 0 Å². The molecule has 0 saturated heterocycles. The van der Waals surface area contributed by atoms with Crippen LogP contribution in [0.4, 0.5) is 0 Å². The number of fused-ring (bicyclic) bond motifs is 1. The van der Waals surface area contributed by atoms with E-state index in [1.807, 2.05) is 12.1 Å². The number of benzene rings is 1. The Kier molecular flexibility index (Phi) is 3.11. The van der Waals surface area contributed by atoms with Gasteiger partial charge in [-0.3, -0.25) is 0 Å². The van der Waals surface area contributed by atoms with Crippen LogP contribution in [-0.4, -0.2) is 9.38 Å². The van der Waals surface area contributed by atoms with Gasteiger partial charge in [0, 0.05) is 22.2 Å². The number of halogens is 1. The molecule has 4 rings (SSSR count). The smallest absolute Gasteiger partial charge is 0.140 e. The van der Waals surface area contributed by atoms with E-state index in [4.69, 9.17) is 16.6 Å². The molecule has 1 aliphatic carbocycles. The lowest BCUT2D eigenvalue weighted by Crippen LogP contribution is -2.15. The third-order valence-electron chi connectivity index (χ3n) is 4.98. The van der Waals surface area contributed by atoms with Crippen molar-refractivity contribution in [3.63, 3.8) is 0 Å². The third kappa shape index (κ3) is 2.28. The molecular weight excluding hydrogens is 304 g/mol. The van der Waals surface area contributed by atoms with Crippen LogP contribution in [0, 0.1) is 0 Å². The summed E-state index contributed by atoms with van der Waals surface area (Å²) < 4.78 is 2.28. The molecule has 2 nitrogen and oxygen atoms in total. The van der Waals surface area contributed by atoms with Gasteiger partial charge in [-0.1, -0.05) is 50.6 Å². The maximum Gasteiger partial charge on any atom is 0.140 e. The number of hydrogen-bond acceptors (Lipinski definition) is 1. The van der Waals surface area contributed by atoms with E-state index in [9.17, 15) is 0 Å². The molecule has 0 unspecified atom stereocenters. The normalized spacial score (nSPS) is 16.7. The standard InChI is InChI=1S/C20H21ClN2/c1-19(2,3)16-5-4-12-23-17(13-22-18(16)23)20(10-11-20)14-6-8-15(21)9-7-14/h4-9,12-13H,10-11H2,1-3H3. The van der Waals surface area contributed by atoms with Crippen molar-refractivity contribution >= 4 is 17.2 Å². The lowest BCUT2D eigenvalue weighted by Gasteiger charge is -2.21. The Balaban J connectivity index is 1.89. The number of aromatic nitrogens is 2. The summed E-state index contributed by atoms with van der Waals surface area (Å²) in [5.41, 5.74) is 5.18. The van der Waals surface area contributed by atoms with Gasteiger partial charge in [0.15, 0.2) is 0 Å². The highest BCUT2D eigenvalue weighted by Gasteiger charge is 2.48. The zero-order valence-corrected chi connectivity index (χ0v) is 14.6. The van der Waals surface area contributed by atoms with E-state index < -0.39 is 0 Å². The van der Waals surface area contributed by atoms with Crippen LogP contribution in [0.25, 0.3) is 5.65 Å². The SMILES string of the molecule is CC(C)(C)c1cccn2c(C3(c4ccc(Cl)cc4)CC3)cnc12. The number of pyridine rings is 1. The average Bonchev–Trinajstić information content (AvgIpc) is 3.19. The molecule has 1 aromatic carbocycles. The summed E-state index contributed by atoms with van der Waals surface area (Å²) in [6, 6.07) is 12.6. The Morgan fingerprint density at radius 1 is 1.09 bits per heavy atom. The van der Waals surface area contributed by atoms with Gasteiger partial charge in [-0.05, 0) is 42.0 Å². The van der Waals surface area contributed by atoms with Crippen molar-refractivity contribution in [2.75, 3.05) is 0 Å². The Hall–Kier alpha value is -1.80. The minimum absolute atomic E-state index is 0.0854. The molecule has 0 amide bonds. The molecule has 0 N–H and O–H groups in total. The van der Waals surface area contributed by atoms with Gasteiger partial charge in [0.1, 0.15) is 5.65 Å². The molecule has 1 saturated carbocycles. The molecule has 0 bridgehead atoms. The highest BCUT2D eigenvalue weighted by atomic mass is 35.5. The first-order valence-electron chi connectivity index (χ1n) is 8.15. The van der Waals surface area contributed by atoms with Crippen molar-refractivity contribution in [2.45, 2.75) is 44.4 Å². The van der Waals surface area contributed by atoms with Crippen molar-refractivity contribution in [1.82, 2.24) is 9.38 Å². The van der Waals surface area contributed by atoms with E-state index in [0.29, 0.717) is 0 Å². The Bertz CT molecular complexity index is 865. The second-order valence-electron chi connectivity index (χ2n) is 7.60. The van der Waals surface area contributed by atoms with Gasteiger partial charge < -0.3 is 4.40 Å². The van der Waals surface area contributed by atoms with Crippen LogP contribution in [0.2, 0.25) is 5.02 Å². The van der Waals surface area contributed by atoms with Gasteiger partial charge in [-0.15, -0.1) is 0 Å². The summed E-state index contributed by atoms with van der Waals surface area (Å²) in [7, 11) is 0. The third-order valence-corrected chi connectivity index (χ3v) is 5.23. The monoisotopic (exact) mass is 324 g/mol. The second kappa shape index (κ2) is 4.85. The Morgan fingerprint density at radius 3 is 2.39 bits per heavy atom. The minimum Gasteiger partial charge on any atom is -0.303 e. The first kappa shape index (κ1) is 14.8. The van der Waals surface area contributed by atoms with Crippen LogP contribution in [-0.2, 0) is 10.8 Å². The van der Waals surface area contributed by atoms with E-state index in [2.05, 4.69) is 61.8 Å². The predicted molar refractivity (Wildman–Crippen MR) is 95.4 cm³/mol. The Morgan fingerprint density at radius 2 is 1.78 bits per heavy atom. The number of nitrogens with zero attached hydrogens (tertiary/aromatic N) is 2. The lowest BCUT2D eigenvalue weighted by molar-refractivity contribution is 0.591. The fraction of sp³-hybridized carbons (Fsp3) is 0.350. The first-order valence-corrected chi connectivity index (χ1v) is 8.53. The van der Waals surface area contributed by atoms with Gasteiger partial charge >= 0.3 is 0 Å². The molecule has 3 heteroatoms. The predicted octanol–water partition coefficient (Wildman–Crippen LogP) is 5.37. The largest absolute Gasteiger partial charge is 0.303 e. The molecular formula is C20H21ClN2. The van der Waals surface area contributed by atoms with Crippen molar-refractivity contribution in [2.24, 2.45) is 0 Å². The van der Waals surface area contributed by atoms with Crippen LogP contribution in [0.1, 0.15) is 50.4 Å². The molecule has 1 aliphatic rings. The fourth-order valence-corrected chi connectivity index (χ4v) is 3.66. The van der Waals surface area contributed by atoms with E-state index in [0.717, 1.165) is 10.7 Å². The topological polar surface area (TPSA) is 17.3 Å². The molecule has 1 fully saturated rings. The number of imidazole rings is 1. The van der Waals surface area contributed by atoms with Gasteiger partial charge in [-0.2, -0.15) is 0 Å². The van der Waals surface area contributed by atoms with Crippen LogP contribution < -0.4 is 0 Å². The molecule has 2 heterocycles. The van der Waals surface area contributed by atoms with Crippen molar-refractivity contribution in [3.05, 3.63) is 70.6 Å². The van der Waals surface area contributed by atoms with Crippen LogP contribution in [0.15, 0.2) is 48.8 Å². The zero-order valence-electron chi connectivity index (χ0n) is 13.8. The van der Waals surface area contributed by atoms with Crippen LogP contribution >= 0.6 is 11.6 Å². The van der Waals surface area contributed by atoms with Crippen molar-refractivity contribution in [1.29, 1.82) is 0 Å². The second-order valence-corrected chi connectivity index (χ2v) is 8.03. The number of rotatable bonds is 2. The molecule has 0 radical (unpaired) electrons. The molecule has 23 heavy (non-hydrogen) atoms. The molecule has 3 aromatic rings. The summed E-state index contributed by atoms with van der Waals surface area (Å²) in [4.78, 5) is 4.77.